The lowest BCUT2D eigenvalue weighted by molar-refractivity contribution is 0.0729. The lowest BCUT2D eigenvalue weighted by Gasteiger charge is -2.25. The fourth-order valence-corrected chi connectivity index (χ4v) is 4.03. The number of pyridine rings is 3. The Bertz CT molecular complexity index is 1240. The molecule has 1 aromatic carbocycles. The van der Waals surface area contributed by atoms with Crippen molar-refractivity contribution in [1.29, 1.82) is 0 Å². The Morgan fingerprint density at radius 1 is 1.00 bits per heavy atom. The molecule has 0 radical (unpaired) electrons. The molecule has 1 atom stereocenters. The van der Waals surface area contributed by atoms with Crippen LogP contribution in [0, 0.1) is 5.82 Å². The van der Waals surface area contributed by atoms with Crippen molar-refractivity contribution in [3.05, 3.63) is 90.3 Å². The molecular formula is C24H20FN5O. The maximum absolute atomic E-state index is 13.4. The second-order valence-corrected chi connectivity index (χ2v) is 7.47. The topological polar surface area (TPSA) is 71.0 Å². The first-order chi connectivity index (χ1) is 15.2. The summed E-state index contributed by atoms with van der Waals surface area (Å²) in [6.45, 7) is 0.660. The zero-order valence-electron chi connectivity index (χ0n) is 16.7. The summed E-state index contributed by atoms with van der Waals surface area (Å²) in [4.78, 5) is 28.4. The van der Waals surface area contributed by atoms with Gasteiger partial charge < -0.3 is 10.2 Å². The molecule has 4 aromatic rings. The third-order valence-electron chi connectivity index (χ3n) is 5.49. The highest BCUT2D eigenvalue weighted by atomic mass is 19.1. The van der Waals surface area contributed by atoms with Crippen LogP contribution in [0.4, 0.5) is 16.0 Å². The van der Waals surface area contributed by atoms with E-state index in [1.165, 1.54) is 6.07 Å². The molecule has 3 aromatic heterocycles. The summed E-state index contributed by atoms with van der Waals surface area (Å²) in [5.41, 5.74) is 1.27. The summed E-state index contributed by atoms with van der Waals surface area (Å²) in [6, 6.07) is 18.1. The van der Waals surface area contributed by atoms with Gasteiger partial charge >= 0.3 is 0 Å². The number of anilines is 2. The average Bonchev–Trinajstić information content (AvgIpc) is 3.30. The second-order valence-electron chi connectivity index (χ2n) is 7.47. The quantitative estimate of drug-likeness (QED) is 0.516. The minimum Gasteiger partial charge on any atom is -0.329 e. The molecule has 154 valence electrons. The van der Waals surface area contributed by atoms with Gasteiger partial charge in [0.1, 0.15) is 23.1 Å². The molecule has 1 fully saturated rings. The Labute approximate surface area is 178 Å². The fourth-order valence-electron chi connectivity index (χ4n) is 4.03. The number of hydrogen-bond acceptors (Lipinski definition) is 5. The Hall–Kier alpha value is -3.87. The number of aromatic nitrogens is 3. The van der Waals surface area contributed by atoms with Crippen molar-refractivity contribution in [1.82, 2.24) is 19.9 Å². The van der Waals surface area contributed by atoms with Crippen molar-refractivity contribution in [3.63, 3.8) is 0 Å². The molecule has 1 N–H and O–H groups in total. The summed E-state index contributed by atoms with van der Waals surface area (Å²) in [6.07, 6.45) is 4.57. The number of carbonyl (C=O) groups excluding carboxylic acids is 1. The summed E-state index contributed by atoms with van der Waals surface area (Å²) in [5.74, 6) is 0.624. The third-order valence-corrected chi connectivity index (χ3v) is 5.49. The molecule has 1 aliphatic heterocycles. The van der Waals surface area contributed by atoms with E-state index in [4.69, 9.17) is 4.98 Å². The lowest BCUT2D eigenvalue weighted by atomic mass is 10.1. The highest BCUT2D eigenvalue weighted by molar-refractivity contribution is 6.05. The molecule has 31 heavy (non-hydrogen) atoms. The molecular weight excluding hydrogens is 393 g/mol. The van der Waals surface area contributed by atoms with Crippen LogP contribution in [0.15, 0.2) is 73.1 Å². The molecule has 4 heterocycles. The zero-order chi connectivity index (χ0) is 21.2. The Morgan fingerprint density at radius 2 is 1.90 bits per heavy atom. The number of amides is 1. The number of rotatable bonds is 4. The predicted molar refractivity (Wildman–Crippen MR) is 116 cm³/mol. The molecule has 1 aliphatic rings. The average molecular weight is 413 g/mol. The normalized spacial score (nSPS) is 15.9. The summed E-state index contributed by atoms with van der Waals surface area (Å²) in [7, 11) is 0. The van der Waals surface area contributed by atoms with E-state index in [2.05, 4.69) is 15.3 Å². The first-order valence-corrected chi connectivity index (χ1v) is 10.2. The van der Waals surface area contributed by atoms with Crippen LogP contribution in [0.2, 0.25) is 0 Å². The largest absolute Gasteiger partial charge is 0.329 e. The highest BCUT2D eigenvalue weighted by Gasteiger charge is 2.33. The van der Waals surface area contributed by atoms with Crippen molar-refractivity contribution in [2.24, 2.45) is 0 Å². The van der Waals surface area contributed by atoms with Crippen LogP contribution < -0.4 is 5.32 Å². The maximum atomic E-state index is 13.4. The van der Waals surface area contributed by atoms with E-state index in [9.17, 15) is 9.18 Å². The minimum absolute atomic E-state index is 0.0836. The Balaban J connectivity index is 1.42. The van der Waals surface area contributed by atoms with E-state index in [1.807, 2.05) is 53.4 Å². The highest BCUT2D eigenvalue weighted by Crippen LogP contribution is 2.33. The number of fused-ring (bicyclic) bond motifs is 1. The second kappa shape index (κ2) is 8.10. The van der Waals surface area contributed by atoms with Crippen LogP contribution in [0.25, 0.3) is 10.8 Å². The van der Waals surface area contributed by atoms with Gasteiger partial charge in [0.25, 0.3) is 5.91 Å². The van der Waals surface area contributed by atoms with Crippen LogP contribution in [-0.2, 0) is 0 Å². The van der Waals surface area contributed by atoms with Gasteiger partial charge in [-0.15, -0.1) is 0 Å². The fraction of sp³-hybridized carbons (Fsp3) is 0.167. The van der Waals surface area contributed by atoms with Gasteiger partial charge in [-0.25, -0.2) is 14.4 Å². The van der Waals surface area contributed by atoms with Gasteiger partial charge in [-0.1, -0.05) is 30.3 Å². The zero-order valence-corrected chi connectivity index (χ0v) is 16.7. The summed E-state index contributed by atoms with van der Waals surface area (Å²) >= 11 is 0. The van der Waals surface area contributed by atoms with Crippen LogP contribution in [0.3, 0.4) is 0 Å². The van der Waals surface area contributed by atoms with Crippen LogP contribution in [0.1, 0.15) is 35.1 Å². The molecule has 1 amide bonds. The first kappa shape index (κ1) is 19.1. The summed E-state index contributed by atoms with van der Waals surface area (Å²) in [5, 5.41) is 4.94. The number of carbonyl (C=O) groups is 1. The molecule has 0 unspecified atom stereocenters. The predicted octanol–water partition coefficient (Wildman–Crippen LogP) is 4.88. The molecule has 6 nitrogen and oxygen atoms in total. The maximum Gasteiger partial charge on any atom is 0.273 e. The van der Waals surface area contributed by atoms with E-state index < -0.39 is 5.82 Å². The lowest BCUT2D eigenvalue weighted by Crippen LogP contribution is -2.31. The third kappa shape index (κ3) is 3.82. The van der Waals surface area contributed by atoms with Gasteiger partial charge in [0, 0.05) is 18.1 Å². The molecule has 0 saturated carbocycles. The van der Waals surface area contributed by atoms with Gasteiger partial charge in [0.2, 0.25) is 0 Å². The van der Waals surface area contributed by atoms with E-state index in [-0.39, 0.29) is 11.9 Å². The monoisotopic (exact) mass is 413 g/mol. The van der Waals surface area contributed by atoms with Crippen molar-refractivity contribution in [3.8, 4) is 0 Å². The molecule has 1 saturated heterocycles. The van der Waals surface area contributed by atoms with E-state index in [0.29, 0.717) is 23.9 Å². The Morgan fingerprint density at radius 3 is 2.77 bits per heavy atom. The van der Waals surface area contributed by atoms with Gasteiger partial charge in [-0.05, 0) is 48.6 Å². The molecule has 0 spiro atoms. The van der Waals surface area contributed by atoms with E-state index in [0.717, 1.165) is 35.5 Å². The number of nitrogens with zero attached hydrogens (tertiary/aromatic N) is 4. The van der Waals surface area contributed by atoms with Crippen molar-refractivity contribution in [2.45, 2.75) is 18.9 Å². The van der Waals surface area contributed by atoms with Gasteiger partial charge in [-0.3, -0.25) is 9.78 Å². The minimum atomic E-state index is -0.394. The van der Waals surface area contributed by atoms with E-state index in [1.54, 1.807) is 12.3 Å². The van der Waals surface area contributed by atoms with Gasteiger partial charge in [0.05, 0.1) is 17.9 Å². The standard InChI is InChI=1S/C24H20FN5O/c25-17-10-11-21(27-15-17)29-22-9-3-7-19(28-22)20-8-4-14-30(20)24(31)23-18-6-2-1-5-16(18)12-13-26-23/h1-3,5-7,9-13,15,20H,4,8,14H2,(H,27,28,29)/t20-/m0/s1. The van der Waals surface area contributed by atoms with Gasteiger partial charge in [0.15, 0.2) is 0 Å². The SMILES string of the molecule is O=C(c1nccc2ccccc12)N1CCC[C@H]1c1cccc(Nc2ccc(F)cn2)n1. The number of likely N-dealkylation sites (tertiary alicyclic amines) is 1. The molecule has 0 bridgehead atoms. The van der Waals surface area contributed by atoms with Crippen LogP contribution in [-0.4, -0.2) is 32.3 Å². The first-order valence-electron chi connectivity index (χ1n) is 10.2. The Kier molecular flexibility index (Phi) is 5.00. The van der Waals surface area contributed by atoms with E-state index >= 15 is 0 Å². The molecule has 0 aliphatic carbocycles. The number of halogens is 1. The van der Waals surface area contributed by atoms with Crippen molar-refractivity contribution >= 4 is 28.3 Å². The van der Waals surface area contributed by atoms with Crippen molar-refractivity contribution < 1.29 is 9.18 Å². The van der Waals surface area contributed by atoms with Crippen LogP contribution >= 0.6 is 0 Å². The van der Waals surface area contributed by atoms with Crippen LogP contribution in [0.5, 0.6) is 0 Å². The summed E-state index contributed by atoms with van der Waals surface area (Å²) < 4.78 is 13.1. The smallest absolute Gasteiger partial charge is 0.273 e. The number of nitrogens with one attached hydrogen (secondary N) is 1. The molecule has 7 heteroatoms. The number of hydrogen-bond donors (Lipinski definition) is 1. The number of benzene rings is 1. The van der Waals surface area contributed by atoms with Crippen molar-refractivity contribution in [2.75, 3.05) is 11.9 Å². The van der Waals surface area contributed by atoms with Gasteiger partial charge in [-0.2, -0.15) is 0 Å². The molecule has 5 rings (SSSR count).